The molecule has 1 aromatic heterocycles. The van der Waals surface area contributed by atoms with Gasteiger partial charge >= 0.3 is 0 Å². The van der Waals surface area contributed by atoms with E-state index in [0.717, 1.165) is 16.8 Å². The molecule has 0 bridgehead atoms. The molecule has 1 amide bonds. The quantitative estimate of drug-likeness (QED) is 0.450. The molecule has 3 rings (SSSR count). The van der Waals surface area contributed by atoms with Crippen molar-refractivity contribution in [1.82, 2.24) is 14.8 Å². The van der Waals surface area contributed by atoms with Gasteiger partial charge in [-0.25, -0.2) is 0 Å². The van der Waals surface area contributed by atoms with Gasteiger partial charge in [0.25, 0.3) is 0 Å². The lowest BCUT2D eigenvalue weighted by molar-refractivity contribution is -0.137. The summed E-state index contributed by atoms with van der Waals surface area (Å²) in [5.41, 5.74) is 2.40. The summed E-state index contributed by atoms with van der Waals surface area (Å²) in [5.74, 6) is 0.577. The number of nitrogens with zero attached hydrogens (tertiary/aromatic N) is 3. The molecule has 3 atom stereocenters. The zero-order valence-corrected chi connectivity index (χ0v) is 16.5. The third-order valence-corrected chi connectivity index (χ3v) is 5.43. The van der Waals surface area contributed by atoms with Gasteiger partial charge in [0.05, 0.1) is 26.0 Å². The number of carbonyl (C=O) groups is 1. The maximum Gasteiger partial charge on any atom is 0.246 e. The highest BCUT2D eigenvalue weighted by molar-refractivity contribution is 6.22. The predicted octanol–water partition coefficient (Wildman–Crippen LogP) is 2.67. The van der Waals surface area contributed by atoms with E-state index in [1.807, 2.05) is 37.1 Å². The van der Waals surface area contributed by atoms with E-state index in [-0.39, 0.29) is 23.6 Å². The lowest BCUT2D eigenvalue weighted by Crippen LogP contribution is -2.52. The van der Waals surface area contributed by atoms with Crippen LogP contribution in [0.5, 0.6) is 5.75 Å². The van der Waals surface area contributed by atoms with Crippen LogP contribution in [0.2, 0.25) is 0 Å². The Bertz CT molecular complexity index is 792. The zero-order valence-electron chi connectivity index (χ0n) is 15.8. The van der Waals surface area contributed by atoms with Crippen LogP contribution in [0, 0.1) is 0 Å². The van der Waals surface area contributed by atoms with Crippen LogP contribution in [0.25, 0.3) is 5.70 Å². The molecule has 7 heteroatoms. The van der Waals surface area contributed by atoms with E-state index < -0.39 is 0 Å². The number of halogens is 1. The van der Waals surface area contributed by atoms with Crippen molar-refractivity contribution in [2.75, 3.05) is 27.3 Å². The summed E-state index contributed by atoms with van der Waals surface area (Å²) >= 11 is 6.60. The van der Waals surface area contributed by atoms with E-state index in [1.54, 1.807) is 24.4 Å². The molecule has 27 heavy (non-hydrogen) atoms. The Morgan fingerprint density at radius 3 is 3.00 bits per heavy atom. The first-order valence-electron chi connectivity index (χ1n) is 8.81. The second-order valence-corrected chi connectivity index (χ2v) is 6.97. The highest BCUT2D eigenvalue weighted by Gasteiger charge is 2.35. The number of rotatable bonds is 4. The molecule has 0 saturated carbocycles. The number of pyridine rings is 1. The minimum absolute atomic E-state index is 0.0910. The van der Waals surface area contributed by atoms with E-state index in [4.69, 9.17) is 21.1 Å². The van der Waals surface area contributed by atoms with Crippen molar-refractivity contribution >= 4 is 23.2 Å². The number of ether oxygens (including phenoxy) is 2. The van der Waals surface area contributed by atoms with Crippen molar-refractivity contribution < 1.29 is 14.3 Å². The molecule has 2 aliphatic rings. The summed E-state index contributed by atoms with van der Waals surface area (Å²) in [5, 5.41) is 0. The van der Waals surface area contributed by atoms with Crippen LogP contribution < -0.4 is 4.74 Å². The van der Waals surface area contributed by atoms with Crippen molar-refractivity contribution in [3.8, 4) is 5.75 Å². The smallest absolute Gasteiger partial charge is 0.246 e. The van der Waals surface area contributed by atoms with Crippen LogP contribution in [0.4, 0.5) is 0 Å². The van der Waals surface area contributed by atoms with Gasteiger partial charge in [-0.1, -0.05) is 18.2 Å². The van der Waals surface area contributed by atoms with Crippen LogP contribution in [0.1, 0.15) is 12.5 Å². The lowest BCUT2D eigenvalue weighted by atomic mass is 9.95. The van der Waals surface area contributed by atoms with Gasteiger partial charge in [0.2, 0.25) is 5.91 Å². The summed E-state index contributed by atoms with van der Waals surface area (Å²) < 4.78 is 11.5. The standard InChI is InChI=1S/C20H24ClN3O3/c1-5-19(25)24-8-9-27-20(13(24)2)14-10-16(23(3)18(21)11-14)15-6-7-22-12-17(15)26-4/h5-7,10-13,18,20H,1,8-9H2,2-4H3. The summed E-state index contributed by atoms with van der Waals surface area (Å²) in [7, 11) is 3.54. The SMILES string of the molecule is C=CC(=O)N1CCOC(C2=CC(Cl)N(C)C(c3ccncc3OC)=C2)C1C. The molecular weight excluding hydrogens is 366 g/mol. The minimum Gasteiger partial charge on any atom is -0.494 e. The number of alkyl halides is 1. The van der Waals surface area contributed by atoms with Gasteiger partial charge in [0.1, 0.15) is 17.4 Å². The van der Waals surface area contributed by atoms with Crippen LogP contribution in [-0.2, 0) is 9.53 Å². The number of methoxy groups -OCH3 is 1. The highest BCUT2D eigenvalue weighted by atomic mass is 35.5. The lowest BCUT2D eigenvalue weighted by Gasteiger charge is -2.41. The molecule has 1 saturated heterocycles. The van der Waals surface area contributed by atoms with Crippen LogP contribution >= 0.6 is 11.6 Å². The molecule has 6 nitrogen and oxygen atoms in total. The van der Waals surface area contributed by atoms with Gasteiger partial charge in [0.15, 0.2) is 0 Å². The van der Waals surface area contributed by atoms with Gasteiger partial charge in [-0.15, -0.1) is 0 Å². The summed E-state index contributed by atoms with van der Waals surface area (Å²) in [6, 6.07) is 1.77. The van der Waals surface area contributed by atoms with Crippen molar-refractivity contribution in [3.63, 3.8) is 0 Å². The number of hydrogen-bond donors (Lipinski definition) is 0. The Balaban J connectivity index is 1.98. The van der Waals surface area contributed by atoms with E-state index >= 15 is 0 Å². The third kappa shape index (κ3) is 3.73. The average molecular weight is 390 g/mol. The molecule has 2 aliphatic heterocycles. The van der Waals surface area contributed by atoms with Crippen LogP contribution in [0.3, 0.4) is 0 Å². The Morgan fingerprint density at radius 1 is 1.52 bits per heavy atom. The average Bonchev–Trinajstić information content (AvgIpc) is 2.69. The first kappa shape index (κ1) is 19.5. The molecule has 0 N–H and O–H groups in total. The molecule has 0 aliphatic carbocycles. The maximum absolute atomic E-state index is 12.2. The number of morpholine rings is 1. The first-order chi connectivity index (χ1) is 13.0. The number of hydrogen-bond acceptors (Lipinski definition) is 5. The van der Waals surface area contributed by atoms with Crippen molar-refractivity contribution in [1.29, 1.82) is 0 Å². The van der Waals surface area contributed by atoms with Gasteiger partial charge in [0, 0.05) is 31.0 Å². The molecular formula is C20H24ClN3O3. The number of amides is 1. The van der Waals surface area contributed by atoms with E-state index in [9.17, 15) is 4.79 Å². The molecule has 3 unspecified atom stereocenters. The fraction of sp³-hybridized carbons (Fsp3) is 0.400. The molecule has 3 heterocycles. The summed E-state index contributed by atoms with van der Waals surface area (Å²) in [6.45, 7) is 6.59. The molecule has 0 aromatic carbocycles. The van der Waals surface area contributed by atoms with Crippen LogP contribution in [0.15, 0.2) is 48.8 Å². The zero-order chi connectivity index (χ0) is 19.6. The van der Waals surface area contributed by atoms with Gasteiger partial charge in [-0.05, 0) is 36.8 Å². The monoisotopic (exact) mass is 389 g/mol. The number of carbonyl (C=O) groups excluding carboxylic acids is 1. The van der Waals surface area contributed by atoms with Gasteiger partial charge < -0.3 is 19.3 Å². The van der Waals surface area contributed by atoms with E-state index in [0.29, 0.717) is 18.9 Å². The van der Waals surface area contributed by atoms with Crippen molar-refractivity contribution in [3.05, 3.63) is 54.4 Å². The molecule has 1 aromatic rings. The highest BCUT2D eigenvalue weighted by Crippen LogP contribution is 2.35. The Kier molecular flexibility index (Phi) is 5.87. The third-order valence-electron chi connectivity index (χ3n) is 5.01. The molecule has 0 spiro atoms. The molecule has 0 radical (unpaired) electrons. The Morgan fingerprint density at radius 2 is 2.30 bits per heavy atom. The first-order valence-corrected chi connectivity index (χ1v) is 9.25. The summed E-state index contributed by atoms with van der Waals surface area (Å²) in [6.07, 6.45) is 8.48. The summed E-state index contributed by atoms with van der Waals surface area (Å²) in [4.78, 5) is 20.0. The Hall–Kier alpha value is -2.31. The second kappa shape index (κ2) is 8.15. The van der Waals surface area contributed by atoms with E-state index in [2.05, 4.69) is 11.6 Å². The fourth-order valence-corrected chi connectivity index (χ4v) is 3.75. The van der Waals surface area contributed by atoms with Crippen molar-refractivity contribution in [2.24, 2.45) is 0 Å². The minimum atomic E-state index is -0.348. The van der Waals surface area contributed by atoms with Crippen LogP contribution in [-0.4, -0.2) is 65.6 Å². The number of aromatic nitrogens is 1. The molecule has 144 valence electrons. The van der Waals surface area contributed by atoms with Gasteiger partial charge in [-0.2, -0.15) is 0 Å². The fourth-order valence-electron chi connectivity index (χ4n) is 3.50. The predicted molar refractivity (Wildman–Crippen MR) is 105 cm³/mol. The van der Waals surface area contributed by atoms with E-state index in [1.165, 1.54) is 6.08 Å². The second-order valence-electron chi connectivity index (χ2n) is 6.52. The molecule has 1 fully saturated rings. The number of likely N-dealkylation sites (N-methyl/N-ethyl adjacent to an activating group) is 1. The Labute approximate surface area is 164 Å². The largest absolute Gasteiger partial charge is 0.494 e. The topological polar surface area (TPSA) is 54.9 Å². The van der Waals surface area contributed by atoms with Crippen molar-refractivity contribution in [2.45, 2.75) is 24.6 Å². The van der Waals surface area contributed by atoms with Gasteiger partial charge in [-0.3, -0.25) is 9.78 Å². The normalized spacial score (nSPS) is 25.6. The maximum atomic E-state index is 12.2.